The van der Waals surface area contributed by atoms with E-state index in [2.05, 4.69) is 17.2 Å². The van der Waals surface area contributed by atoms with Gasteiger partial charge in [-0.1, -0.05) is 12.0 Å². The van der Waals surface area contributed by atoms with E-state index in [0.29, 0.717) is 6.54 Å². The monoisotopic (exact) mass is 185 g/mol. The molecule has 0 saturated carbocycles. The van der Waals surface area contributed by atoms with E-state index in [9.17, 15) is 8.42 Å². The summed E-state index contributed by atoms with van der Waals surface area (Å²) in [5.74, 6) is 5.70. The van der Waals surface area contributed by atoms with Crippen LogP contribution in [0, 0.1) is 11.8 Å². The van der Waals surface area contributed by atoms with Crippen LogP contribution in [0.5, 0.6) is 0 Å². The van der Waals surface area contributed by atoms with Crippen LogP contribution in [0.2, 0.25) is 0 Å². The van der Waals surface area contributed by atoms with Crippen LogP contribution in [0.1, 0.15) is 6.92 Å². The van der Waals surface area contributed by atoms with E-state index in [0.717, 1.165) is 0 Å². The van der Waals surface area contributed by atoms with Crippen molar-refractivity contribution in [2.75, 3.05) is 12.3 Å². The van der Waals surface area contributed by atoms with Crippen molar-refractivity contribution in [2.45, 2.75) is 13.0 Å². The van der Waals surface area contributed by atoms with Gasteiger partial charge in [-0.15, -0.1) is 5.92 Å². The van der Waals surface area contributed by atoms with Crippen LogP contribution in [0.3, 0.4) is 0 Å². The minimum atomic E-state index is -2.92. The Bertz CT molecular complexity index is 332. The molecule has 1 atom stereocenters. The summed E-state index contributed by atoms with van der Waals surface area (Å²) in [5.41, 5.74) is 0. The number of hydrogen-bond donors (Lipinski definition) is 1. The normalized spacial score (nSPS) is 24.9. The molecule has 0 radical (unpaired) electrons. The highest BCUT2D eigenvalue weighted by Crippen LogP contribution is 2.06. The van der Waals surface area contributed by atoms with Crippen molar-refractivity contribution in [2.24, 2.45) is 0 Å². The Balaban J connectivity index is 2.39. The van der Waals surface area contributed by atoms with Gasteiger partial charge in [0.05, 0.1) is 12.3 Å². The largest absolute Gasteiger partial charge is 0.299 e. The van der Waals surface area contributed by atoms with Crippen LogP contribution in [0.25, 0.3) is 0 Å². The first-order valence-corrected chi connectivity index (χ1v) is 5.39. The molecule has 12 heavy (non-hydrogen) atoms. The first-order valence-electron chi connectivity index (χ1n) is 3.68. The Morgan fingerprint density at radius 2 is 2.42 bits per heavy atom. The maximum atomic E-state index is 10.9. The topological polar surface area (TPSA) is 46.2 Å². The lowest BCUT2D eigenvalue weighted by Gasteiger charge is -2.04. The Morgan fingerprint density at radius 3 is 2.92 bits per heavy atom. The highest BCUT2D eigenvalue weighted by molar-refractivity contribution is 7.94. The van der Waals surface area contributed by atoms with Crippen LogP contribution < -0.4 is 5.32 Å². The van der Waals surface area contributed by atoms with Crippen LogP contribution in [0.15, 0.2) is 11.5 Å². The third kappa shape index (κ3) is 2.68. The SMILES string of the molecule is CC#CCNC1C=CS(=O)(=O)C1. The van der Waals surface area contributed by atoms with Crippen LogP contribution in [0.4, 0.5) is 0 Å². The quantitative estimate of drug-likeness (QED) is 0.612. The van der Waals surface area contributed by atoms with Crippen molar-refractivity contribution in [3.8, 4) is 11.8 Å². The molecule has 66 valence electrons. The summed E-state index contributed by atoms with van der Waals surface area (Å²) >= 11 is 0. The van der Waals surface area contributed by atoms with Gasteiger partial charge < -0.3 is 0 Å². The summed E-state index contributed by atoms with van der Waals surface area (Å²) in [4.78, 5) is 0. The van der Waals surface area contributed by atoms with Crippen molar-refractivity contribution in [3.63, 3.8) is 0 Å². The van der Waals surface area contributed by atoms with Crippen molar-refractivity contribution >= 4 is 9.84 Å². The zero-order valence-corrected chi connectivity index (χ0v) is 7.69. The lowest BCUT2D eigenvalue weighted by atomic mass is 10.3. The van der Waals surface area contributed by atoms with Crippen LogP contribution in [-0.4, -0.2) is 26.8 Å². The van der Waals surface area contributed by atoms with E-state index in [1.165, 1.54) is 5.41 Å². The van der Waals surface area contributed by atoms with E-state index < -0.39 is 9.84 Å². The average molecular weight is 185 g/mol. The molecule has 0 aromatic carbocycles. The van der Waals surface area contributed by atoms with Crippen LogP contribution in [-0.2, 0) is 9.84 Å². The first kappa shape index (κ1) is 9.30. The molecule has 1 heterocycles. The fraction of sp³-hybridized carbons (Fsp3) is 0.500. The minimum absolute atomic E-state index is 0.0594. The number of rotatable bonds is 2. The molecule has 1 N–H and O–H groups in total. The lowest BCUT2D eigenvalue weighted by Crippen LogP contribution is -2.30. The second-order valence-electron chi connectivity index (χ2n) is 2.57. The second kappa shape index (κ2) is 3.74. The fourth-order valence-electron chi connectivity index (χ4n) is 0.973. The van der Waals surface area contributed by atoms with Gasteiger partial charge >= 0.3 is 0 Å². The van der Waals surface area contributed by atoms with Gasteiger partial charge in [0.2, 0.25) is 0 Å². The Morgan fingerprint density at radius 1 is 1.67 bits per heavy atom. The van der Waals surface area contributed by atoms with Gasteiger partial charge in [-0.2, -0.15) is 0 Å². The minimum Gasteiger partial charge on any atom is -0.299 e. The summed E-state index contributed by atoms with van der Waals surface area (Å²) in [6.07, 6.45) is 1.66. The third-order valence-electron chi connectivity index (χ3n) is 1.56. The van der Waals surface area contributed by atoms with Gasteiger partial charge in [0.25, 0.3) is 0 Å². The maximum Gasteiger partial charge on any atom is 0.173 e. The predicted molar refractivity (Wildman–Crippen MR) is 48.2 cm³/mol. The molecule has 0 bridgehead atoms. The Kier molecular flexibility index (Phi) is 2.90. The van der Waals surface area contributed by atoms with Gasteiger partial charge in [-0.05, 0) is 6.92 Å². The zero-order chi connectivity index (χ0) is 9.03. The van der Waals surface area contributed by atoms with Crippen molar-refractivity contribution < 1.29 is 8.42 Å². The van der Waals surface area contributed by atoms with Crippen molar-refractivity contribution in [1.29, 1.82) is 0 Å². The molecule has 1 aliphatic rings. The maximum absolute atomic E-state index is 10.9. The standard InChI is InChI=1S/C8H11NO2S/c1-2-3-5-9-8-4-6-12(10,11)7-8/h4,6,8-9H,5,7H2,1H3. The average Bonchev–Trinajstić information content (AvgIpc) is 2.31. The lowest BCUT2D eigenvalue weighted by molar-refractivity contribution is 0.598. The Hall–Kier alpha value is -0.790. The highest BCUT2D eigenvalue weighted by atomic mass is 32.2. The summed E-state index contributed by atoms with van der Waals surface area (Å²) in [6, 6.07) is -0.0594. The number of sulfone groups is 1. The van der Waals surface area contributed by atoms with Gasteiger partial charge in [0.15, 0.2) is 9.84 Å². The first-order chi connectivity index (χ1) is 5.64. The third-order valence-corrected chi connectivity index (χ3v) is 2.96. The molecule has 1 unspecified atom stereocenters. The molecule has 3 nitrogen and oxygen atoms in total. The molecule has 1 aliphatic heterocycles. The van der Waals surface area contributed by atoms with Crippen molar-refractivity contribution in [1.82, 2.24) is 5.32 Å². The molecule has 0 amide bonds. The molecular weight excluding hydrogens is 174 g/mol. The molecule has 0 aromatic rings. The van der Waals surface area contributed by atoms with Crippen LogP contribution >= 0.6 is 0 Å². The van der Waals surface area contributed by atoms with E-state index in [-0.39, 0.29) is 11.8 Å². The fourth-order valence-corrected chi connectivity index (χ4v) is 2.24. The zero-order valence-electron chi connectivity index (χ0n) is 6.87. The Labute approximate surface area is 72.8 Å². The van der Waals surface area contributed by atoms with E-state index >= 15 is 0 Å². The van der Waals surface area contributed by atoms with Gasteiger partial charge in [-0.3, -0.25) is 5.32 Å². The second-order valence-corrected chi connectivity index (χ2v) is 4.50. The smallest absolute Gasteiger partial charge is 0.173 e. The molecule has 0 aliphatic carbocycles. The van der Waals surface area contributed by atoms with Gasteiger partial charge in [-0.25, -0.2) is 8.42 Å². The summed E-state index contributed by atoms with van der Waals surface area (Å²) in [6.45, 7) is 2.30. The molecule has 0 fully saturated rings. The van der Waals surface area contributed by atoms with Crippen molar-refractivity contribution in [3.05, 3.63) is 11.5 Å². The molecule has 4 heteroatoms. The number of hydrogen-bond acceptors (Lipinski definition) is 3. The highest BCUT2D eigenvalue weighted by Gasteiger charge is 2.20. The van der Waals surface area contributed by atoms with E-state index in [1.54, 1.807) is 13.0 Å². The van der Waals surface area contributed by atoms with E-state index in [4.69, 9.17) is 0 Å². The number of nitrogens with one attached hydrogen (secondary N) is 1. The summed E-state index contributed by atoms with van der Waals surface area (Å²) in [5, 5.41) is 4.25. The molecule has 0 saturated heterocycles. The molecular formula is C8H11NO2S. The molecule has 0 aromatic heterocycles. The summed E-state index contributed by atoms with van der Waals surface area (Å²) in [7, 11) is -2.92. The van der Waals surface area contributed by atoms with E-state index in [1.807, 2.05) is 0 Å². The van der Waals surface area contributed by atoms with Gasteiger partial charge in [0, 0.05) is 11.4 Å². The molecule has 1 rings (SSSR count). The molecule has 0 spiro atoms. The summed E-state index contributed by atoms with van der Waals surface area (Å²) < 4.78 is 21.8. The predicted octanol–water partition coefficient (Wildman–Crippen LogP) is -0.0900. The van der Waals surface area contributed by atoms with Gasteiger partial charge in [0.1, 0.15) is 0 Å².